The van der Waals surface area contributed by atoms with E-state index in [4.69, 9.17) is 14.5 Å². The second-order valence-corrected chi connectivity index (χ2v) is 7.87. The number of hydrogen-bond acceptors (Lipinski definition) is 4. The maximum atomic E-state index is 5.81. The Bertz CT molecular complexity index is 620. The zero-order valence-corrected chi connectivity index (χ0v) is 18.4. The van der Waals surface area contributed by atoms with Gasteiger partial charge in [0.25, 0.3) is 0 Å². The fourth-order valence-electron chi connectivity index (χ4n) is 4.38. The molecule has 2 aliphatic rings. The Morgan fingerprint density at radius 3 is 2.38 bits per heavy atom. The molecule has 3 rings (SSSR count). The molecule has 1 aromatic carbocycles. The topological polar surface area (TPSA) is 49.3 Å². The van der Waals surface area contributed by atoms with Crippen molar-refractivity contribution in [2.24, 2.45) is 4.99 Å². The highest BCUT2D eigenvalue weighted by Crippen LogP contribution is 2.27. The minimum atomic E-state index is 0.318. The number of hydrogen-bond donors (Lipinski definition) is 1. The molecule has 2 fully saturated rings. The molecule has 1 atom stereocenters. The molecule has 0 amide bonds. The van der Waals surface area contributed by atoms with E-state index in [2.05, 4.69) is 53.2 Å². The van der Waals surface area contributed by atoms with Crippen molar-refractivity contribution in [1.29, 1.82) is 0 Å². The molecule has 1 unspecified atom stereocenters. The molecule has 0 aromatic heterocycles. The number of ether oxygens (including phenoxy) is 2. The molecule has 1 aromatic rings. The SMILES string of the molecule is CCNC(=NCC(c1ccc(OC)cc1)N1CCCC1)N1CCC(OCC)CC1. The van der Waals surface area contributed by atoms with Crippen LogP contribution in [-0.4, -0.2) is 74.8 Å². The number of nitrogens with one attached hydrogen (secondary N) is 1. The maximum Gasteiger partial charge on any atom is 0.193 e. The first-order chi connectivity index (χ1) is 14.2. The van der Waals surface area contributed by atoms with Gasteiger partial charge in [-0.15, -0.1) is 0 Å². The van der Waals surface area contributed by atoms with E-state index in [1.807, 2.05) is 0 Å². The summed E-state index contributed by atoms with van der Waals surface area (Å²) in [5.74, 6) is 1.95. The third kappa shape index (κ3) is 6.09. The third-order valence-corrected chi connectivity index (χ3v) is 5.97. The molecule has 162 valence electrons. The molecule has 2 aliphatic heterocycles. The van der Waals surface area contributed by atoms with Crippen molar-refractivity contribution < 1.29 is 9.47 Å². The highest BCUT2D eigenvalue weighted by atomic mass is 16.5. The van der Waals surface area contributed by atoms with Gasteiger partial charge in [0, 0.05) is 26.2 Å². The van der Waals surface area contributed by atoms with Crippen LogP contribution in [0.3, 0.4) is 0 Å². The van der Waals surface area contributed by atoms with Crippen LogP contribution in [0.1, 0.15) is 51.1 Å². The van der Waals surface area contributed by atoms with E-state index >= 15 is 0 Å². The van der Waals surface area contributed by atoms with Gasteiger partial charge in [0.1, 0.15) is 5.75 Å². The van der Waals surface area contributed by atoms with Gasteiger partial charge in [-0.3, -0.25) is 9.89 Å². The molecule has 0 spiro atoms. The van der Waals surface area contributed by atoms with Crippen molar-refractivity contribution in [3.63, 3.8) is 0 Å². The summed E-state index contributed by atoms with van der Waals surface area (Å²) in [4.78, 5) is 10.1. The standard InChI is InChI=1S/C23H38N4O2/c1-4-24-23(27-16-12-21(13-17-27)29-5-2)25-18-22(26-14-6-7-15-26)19-8-10-20(28-3)11-9-19/h8-11,21-22H,4-7,12-18H2,1-3H3,(H,24,25). The summed E-state index contributed by atoms with van der Waals surface area (Å²) in [6.45, 7) is 11.0. The molecule has 0 bridgehead atoms. The third-order valence-electron chi connectivity index (χ3n) is 5.97. The van der Waals surface area contributed by atoms with Crippen LogP contribution >= 0.6 is 0 Å². The fourth-order valence-corrected chi connectivity index (χ4v) is 4.38. The Kier molecular flexibility index (Phi) is 8.62. The van der Waals surface area contributed by atoms with E-state index in [0.29, 0.717) is 12.1 Å². The average molecular weight is 403 g/mol. The van der Waals surface area contributed by atoms with E-state index in [1.54, 1.807) is 7.11 Å². The van der Waals surface area contributed by atoms with Crippen LogP contribution in [0.25, 0.3) is 0 Å². The smallest absolute Gasteiger partial charge is 0.193 e. The number of benzene rings is 1. The summed E-state index contributed by atoms with van der Waals surface area (Å²) in [6.07, 6.45) is 5.11. The lowest BCUT2D eigenvalue weighted by atomic mass is 10.1. The van der Waals surface area contributed by atoms with E-state index in [9.17, 15) is 0 Å². The van der Waals surface area contributed by atoms with Gasteiger partial charge in [0.05, 0.1) is 25.8 Å². The van der Waals surface area contributed by atoms with Crippen LogP contribution in [-0.2, 0) is 4.74 Å². The van der Waals surface area contributed by atoms with Gasteiger partial charge in [0.15, 0.2) is 5.96 Å². The van der Waals surface area contributed by atoms with Crippen molar-refractivity contribution in [2.75, 3.05) is 53.0 Å². The molecule has 2 saturated heterocycles. The summed E-state index contributed by atoms with van der Waals surface area (Å²) in [5.41, 5.74) is 1.32. The molecule has 0 saturated carbocycles. The minimum Gasteiger partial charge on any atom is -0.497 e. The highest BCUT2D eigenvalue weighted by molar-refractivity contribution is 5.80. The van der Waals surface area contributed by atoms with E-state index in [0.717, 1.165) is 70.4 Å². The average Bonchev–Trinajstić information content (AvgIpc) is 3.29. The fraction of sp³-hybridized carbons (Fsp3) is 0.696. The molecule has 29 heavy (non-hydrogen) atoms. The number of rotatable bonds is 8. The number of methoxy groups -OCH3 is 1. The van der Waals surface area contributed by atoms with Gasteiger partial charge in [0.2, 0.25) is 0 Å². The Morgan fingerprint density at radius 2 is 1.79 bits per heavy atom. The predicted molar refractivity (Wildman–Crippen MR) is 119 cm³/mol. The quantitative estimate of drug-likeness (QED) is 0.534. The number of likely N-dealkylation sites (tertiary alicyclic amines) is 2. The molecular formula is C23H38N4O2. The molecule has 1 N–H and O–H groups in total. The van der Waals surface area contributed by atoms with Crippen molar-refractivity contribution in [1.82, 2.24) is 15.1 Å². The first-order valence-corrected chi connectivity index (χ1v) is 11.3. The van der Waals surface area contributed by atoms with Crippen LogP contribution in [0.15, 0.2) is 29.3 Å². The van der Waals surface area contributed by atoms with Crippen molar-refractivity contribution in [2.45, 2.75) is 51.7 Å². The Labute approximate surface area is 176 Å². The Hall–Kier alpha value is -1.79. The van der Waals surface area contributed by atoms with Crippen molar-refractivity contribution in [3.8, 4) is 5.75 Å². The number of piperidine rings is 1. The van der Waals surface area contributed by atoms with Crippen molar-refractivity contribution in [3.05, 3.63) is 29.8 Å². The van der Waals surface area contributed by atoms with E-state index in [-0.39, 0.29) is 0 Å². The lowest BCUT2D eigenvalue weighted by Gasteiger charge is -2.34. The molecule has 0 radical (unpaired) electrons. The molecule has 6 heteroatoms. The van der Waals surface area contributed by atoms with Crippen molar-refractivity contribution >= 4 is 5.96 Å². The second kappa shape index (κ2) is 11.4. The minimum absolute atomic E-state index is 0.318. The van der Waals surface area contributed by atoms with Gasteiger partial charge in [-0.05, 0) is 70.3 Å². The summed E-state index contributed by atoms with van der Waals surface area (Å²) >= 11 is 0. The lowest BCUT2D eigenvalue weighted by Crippen LogP contribution is -2.47. The second-order valence-electron chi connectivity index (χ2n) is 7.87. The van der Waals surface area contributed by atoms with E-state index < -0.39 is 0 Å². The zero-order valence-electron chi connectivity index (χ0n) is 18.4. The highest BCUT2D eigenvalue weighted by Gasteiger charge is 2.25. The Balaban J connectivity index is 1.70. The first-order valence-electron chi connectivity index (χ1n) is 11.3. The number of nitrogens with zero attached hydrogens (tertiary/aromatic N) is 3. The van der Waals surface area contributed by atoms with Crippen LogP contribution in [0, 0.1) is 0 Å². The molecule has 2 heterocycles. The summed E-state index contributed by atoms with van der Waals surface area (Å²) in [7, 11) is 1.72. The van der Waals surface area contributed by atoms with E-state index in [1.165, 1.54) is 18.4 Å². The van der Waals surface area contributed by atoms with Gasteiger partial charge in [-0.1, -0.05) is 12.1 Å². The molecular weight excluding hydrogens is 364 g/mol. The largest absolute Gasteiger partial charge is 0.497 e. The maximum absolute atomic E-state index is 5.81. The molecule has 6 nitrogen and oxygen atoms in total. The van der Waals surface area contributed by atoms with Gasteiger partial charge < -0.3 is 19.7 Å². The molecule has 0 aliphatic carbocycles. The lowest BCUT2D eigenvalue weighted by molar-refractivity contribution is 0.0263. The van der Waals surface area contributed by atoms with Crippen LogP contribution in [0.4, 0.5) is 0 Å². The summed E-state index contributed by atoms with van der Waals surface area (Å²) in [6, 6.07) is 8.82. The van der Waals surface area contributed by atoms with Gasteiger partial charge in [-0.2, -0.15) is 0 Å². The number of aliphatic imine (C=N–C) groups is 1. The monoisotopic (exact) mass is 402 g/mol. The Morgan fingerprint density at radius 1 is 1.10 bits per heavy atom. The normalized spacial score (nSPS) is 20.1. The van der Waals surface area contributed by atoms with Crippen LogP contribution < -0.4 is 10.1 Å². The number of guanidine groups is 1. The summed E-state index contributed by atoms with van der Waals surface area (Å²) in [5, 5.41) is 3.51. The van der Waals surface area contributed by atoms with Gasteiger partial charge in [-0.25, -0.2) is 0 Å². The van der Waals surface area contributed by atoms with Crippen LogP contribution in [0.5, 0.6) is 5.75 Å². The predicted octanol–water partition coefficient (Wildman–Crippen LogP) is 3.30. The first kappa shape index (κ1) is 21.9. The van der Waals surface area contributed by atoms with Crippen LogP contribution in [0.2, 0.25) is 0 Å². The van der Waals surface area contributed by atoms with Gasteiger partial charge >= 0.3 is 0 Å². The summed E-state index contributed by atoms with van der Waals surface area (Å²) < 4.78 is 11.2. The zero-order chi connectivity index (χ0) is 20.5.